The first-order valence-corrected chi connectivity index (χ1v) is 8.75. The molecule has 1 N–H and O–H groups in total. The van der Waals surface area contributed by atoms with Gasteiger partial charge in [0.2, 0.25) is 0 Å². The second-order valence-electron chi connectivity index (χ2n) is 5.99. The molecule has 0 radical (unpaired) electrons. The number of aromatic nitrogens is 2. The summed E-state index contributed by atoms with van der Waals surface area (Å²) in [4.78, 5) is 16.8. The summed E-state index contributed by atoms with van der Waals surface area (Å²) in [6, 6.07) is 20.9. The predicted octanol–water partition coefficient (Wildman–Crippen LogP) is 3.64. The van der Waals surface area contributed by atoms with Gasteiger partial charge in [0.1, 0.15) is 18.2 Å². The van der Waals surface area contributed by atoms with Crippen LogP contribution in [0, 0.1) is 0 Å². The molecule has 27 heavy (non-hydrogen) atoms. The zero-order valence-corrected chi connectivity index (χ0v) is 14.7. The Hall–Kier alpha value is -3.54. The van der Waals surface area contributed by atoms with E-state index in [0.717, 1.165) is 22.6 Å². The molecule has 1 amide bonds. The van der Waals surface area contributed by atoms with Gasteiger partial charge in [0.25, 0.3) is 5.91 Å². The summed E-state index contributed by atoms with van der Waals surface area (Å²) in [5.74, 6) is 1.62. The molecule has 0 spiro atoms. The predicted molar refractivity (Wildman–Crippen MR) is 102 cm³/mol. The van der Waals surface area contributed by atoms with Crippen molar-refractivity contribution in [3.8, 4) is 5.75 Å². The molecule has 6 heteroatoms. The van der Waals surface area contributed by atoms with Crippen LogP contribution in [0.1, 0.15) is 16.4 Å². The van der Waals surface area contributed by atoms with Gasteiger partial charge in [-0.15, -0.1) is 0 Å². The monoisotopic (exact) mass is 361 g/mol. The number of benzene rings is 2. The van der Waals surface area contributed by atoms with Crippen LogP contribution in [0.4, 0.5) is 0 Å². The number of imidazole rings is 1. The fraction of sp³-hybridized carbons (Fsp3) is 0.143. The van der Waals surface area contributed by atoms with E-state index in [1.54, 1.807) is 12.1 Å². The molecule has 0 unspecified atom stereocenters. The molecular weight excluding hydrogens is 342 g/mol. The van der Waals surface area contributed by atoms with E-state index >= 15 is 0 Å². The molecule has 0 aliphatic rings. The average molecular weight is 361 g/mol. The summed E-state index contributed by atoms with van der Waals surface area (Å²) in [5.41, 5.74) is 1.90. The molecule has 0 aliphatic heterocycles. The van der Waals surface area contributed by atoms with Crippen LogP contribution in [0.15, 0.2) is 77.4 Å². The number of fused-ring (bicyclic) bond motifs is 1. The van der Waals surface area contributed by atoms with E-state index in [1.165, 1.54) is 6.26 Å². The van der Waals surface area contributed by atoms with Crippen molar-refractivity contribution < 1.29 is 13.9 Å². The van der Waals surface area contributed by atoms with Crippen LogP contribution in [0.5, 0.6) is 5.75 Å². The van der Waals surface area contributed by atoms with E-state index in [4.69, 9.17) is 9.15 Å². The Kier molecular flexibility index (Phi) is 4.87. The zero-order valence-electron chi connectivity index (χ0n) is 14.7. The first-order valence-electron chi connectivity index (χ1n) is 8.75. The van der Waals surface area contributed by atoms with Gasteiger partial charge in [-0.25, -0.2) is 4.98 Å². The van der Waals surface area contributed by atoms with Crippen molar-refractivity contribution in [2.45, 2.75) is 13.1 Å². The van der Waals surface area contributed by atoms with Crippen molar-refractivity contribution in [2.24, 2.45) is 0 Å². The van der Waals surface area contributed by atoms with Gasteiger partial charge in [0, 0.05) is 0 Å². The van der Waals surface area contributed by atoms with Crippen LogP contribution in [-0.2, 0) is 13.1 Å². The van der Waals surface area contributed by atoms with Crippen LogP contribution in [0.2, 0.25) is 0 Å². The highest BCUT2D eigenvalue weighted by Crippen LogP contribution is 2.17. The maximum Gasteiger partial charge on any atom is 0.287 e. The second-order valence-corrected chi connectivity index (χ2v) is 5.99. The number of rotatable bonds is 7. The molecule has 0 bridgehead atoms. The molecule has 136 valence electrons. The van der Waals surface area contributed by atoms with E-state index in [0.29, 0.717) is 19.7 Å². The molecule has 4 rings (SSSR count). The van der Waals surface area contributed by atoms with Crippen LogP contribution < -0.4 is 10.1 Å². The number of furan rings is 1. The van der Waals surface area contributed by atoms with Crippen LogP contribution in [-0.4, -0.2) is 22.1 Å². The Labute approximate surface area is 156 Å². The highest BCUT2D eigenvalue weighted by molar-refractivity contribution is 5.91. The lowest BCUT2D eigenvalue weighted by atomic mass is 10.3. The summed E-state index contributed by atoms with van der Waals surface area (Å²) in [7, 11) is 0. The lowest BCUT2D eigenvalue weighted by Gasteiger charge is -2.11. The molecule has 0 atom stereocenters. The SMILES string of the molecule is O=C(NCc1nc2ccccc2n1CCOc1ccccc1)c1ccco1. The Bertz CT molecular complexity index is 1020. The smallest absolute Gasteiger partial charge is 0.287 e. The number of carbonyl (C=O) groups is 1. The number of ether oxygens (including phenoxy) is 1. The number of nitrogens with zero attached hydrogens (tertiary/aromatic N) is 2. The van der Waals surface area contributed by atoms with Gasteiger partial charge in [-0.05, 0) is 36.4 Å². The van der Waals surface area contributed by atoms with Gasteiger partial charge in [0.05, 0.1) is 30.4 Å². The van der Waals surface area contributed by atoms with Gasteiger partial charge in [-0.1, -0.05) is 30.3 Å². The zero-order chi connectivity index (χ0) is 18.5. The minimum absolute atomic E-state index is 0.265. The number of hydrogen-bond donors (Lipinski definition) is 1. The largest absolute Gasteiger partial charge is 0.492 e. The number of nitrogens with one attached hydrogen (secondary N) is 1. The lowest BCUT2D eigenvalue weighted by molar-refractivity contribution is 0.0921. The fourth-order valence-electron chi connectivity index (χ4n) is 2.94. The van der Waals surface area contributed by atoms with Gasteiger partial charge in [-0.2, -0.15) is 0 Å². The number of carbonyl (C=O) groups excluding carboxylic acids is 1. The topological polar surface area (TPSA) is 69.3 Å². The molecule has 0 fully saturated rings. The van der Waals surface area contributed by atoms with E-state index in [9.17, 15) is 4.79 Å². The van der Waals surface area contributed by atoms with Gasteiger partial charge in [-0.3, -0.25) is 4.79 Å². The van der Waals surface area contributed by atoms with Crippen molar-refractivity contribution in [1.29, 1.82) is 0 Å². The Morgan fingerprint density at radius 3 is 2.67 bits per heavy atom. The first-order chi connectivity index (χ1) is 13.3. The maximum absolute atomic E-state index is 12.1. The molecule has 2 aromatic carbocycles. The normalized spacial score (nSPS) is 10.8. The first kappa shape index (κ1) is 16.9. The van der Waals surface area contributed by atoms with Crippen LogP contribution >= 0.6 is 0 Å². The summed E-state index contributed by atoms with van der Waals surface area (Å²) in [6.07, 6.45) is 1.48. The highest BCUT2D eigenvalue weighted by atomic mass is 16.5. The highest BCUT2D eigenvalue weighted by Gasteiger charge is 2.13. The molecular formula is C21H19N3O3. The molecule has 2 heterocycles. The fourth-order valence-corrected chi connectivity index (χ4v) is 2.94. The van der Waals surface area contributed by atoms with Crippen molar-refractivity contribution in [3.05, 3.63) is 84.6 Å². The number of amides is 1. The Balaban J connectivity index is 1.49. The average Bonchev–Trinajstić information content (AvgIpc) is 3.36. The maximum atomic E-state index is 12.1. The second kappa shape index (κ2) is 7.78. The quantitative estimate of drug-likeness (QED) is 0.546. The Morgan fingerprint density at radius 2 is 1.85 bits per heavy atom. The molecule has 0 aliphatic carbocycles. The Morgan fingerprint density at radius 1 is 1.04 bits per heavy atom. The van der Waals surface area contributed by atoms with Crippen molar-refractivity contribution >= 4 is 16.9 Å². The van der Waals surface area contributed by atoms with Crippen molar-refractivity contribution in [1.82, 2.24) is 14.9 Å². The van der Waals surface area contributed by atoms with Crippen molar-refractivity contribution in [3.63, 3.8) is 0 Å². The van der Waals surface area contributed by atoms with E-state index in [-0.39, 0.29) is 11.7 Å². The van der Waals surface area contributed by atoms with Gasteiger partial charge in [0.15, 0.2) is 5.76 Å². The third-order valence-electron chi connectivity index (χ3n) is 4.21. The van der Waals surface area contributed by atoms with Crippen LogP contribution in [0.3, 0.4) is 0 Å². The van der Waals surface area contributed by atoms with E-state index in [1.807, 2.05) is 54.6 Å². The molecule has 2 aromatic heterocycles. The van der Waals surface area contributed by atoms with Crippen LogP contribution in [0.25, 0.3) is 11.0 Å². The molecule has 6 nitrogen and oxygen atoms in total. The third-order valence-corrected chi connectivity index (χ3v) is 4.21. The minimum atomic E-state index is -0.265. The summed E-state index contributed by atoms with van der Waals surface area (Å²) in [6.45, 7) is 1.43. The summed E-state index contributed by atoms with van der Waals surface area (Å²) in [5, 5.41) is 2.85. The molecule has 0 saturated heterocycles. The summed E-state index contributed by atoms with van der Waals surface area (Å²) >= 11 is 0. The van der Waals surface area contributed by atoms with Gasteiger partial charge < -0.3 is 19.0 Å². The van der Waals surface area contributed by atoms with Crippen molar-refractivity contribution in [2.75, 3.05) is 6.61 Å². The lowest BCUT2D eigenvalue weighted by Crippen LogP contribution is -2.25. The number of para-hydroxylation sites is 3. The van der Waals surface area contributed by atoms with E-state index in [2.05, 4.69) is 14.9 Å². The third kappa shape index (κ3) is 3.84. The standard InChI is InChI=1S/C21H19N3O3/c25-21(19-11-6-13-27-19)22-15-20-23-17-9-4-5-10-18(17)24(20)12-14-26-16-7-2-1-3-8-16/h1-11,13H,12,14-15H2,(H,22,25). The van der Waals surface area contributed by atoms with Gasteiger partial charge >= 0.3 is 0 Å². The van der Waals surface area contributed by atoms with E-state index < -0.39 is 0 Å². The summed E-state index contributed by atoms with van der Waals surface area (Å²) < 4.78 is 13.0. The minimum Gasteiger partial charge on any atom is -0.492 e. The number of hydrogen-bond acceptors (Lipinski definition) is 4. The molecule has 4 aromatic rings. The molecule has 0 saturated carbocycles.